The molecule has 0 saturated carbocycles. The summed E-state index contributed by atoms with van der Waals surface area (Å²) in [4.78, 5) is 12.2. The lowest BCUT2D eigenvalue weighted by molar-refractivity contribution is 0.0936. The van der Waals surface area contributed by atoms with Crippen LogP contribution in [-0.4, -0.2) is 30.6 Å². The summed E-state index contributed by atoms with van der Waals surface area (Å²) in [6.07, 6.45) is 0.975. The molecule has 1 aromatic rings. The van der Waals surface area contributed by atoms with E-state index in [0.717, 1.165) is 22.4 Å². The standard InChI is InChI=1S/C14H20BrNO2S/c1-4-19-8-7-10(2)16-14(17)12-6-5-11(15)9-13(12)18-3/h5-6,9-10H,4,7-8H2,1-3H3,(H,16,17). The topological polar surface area (TPSA) is 38.3 Å². The Bertz CT molecular complexity index is 426. The molecule has 5 heteroatoms. The molecule has 0 bridgehead atoms. The van der Waals surface area contributed by atoms with Gasteiger partial charge in [0.2, 0.25) is 0 Å². The van der Waals surface area contributed by atoms with Crippen molar-refractivity contribution < 1.29 is 9.53 Å². The molecule has 0 saturated heterocycles. The van der Waals surface area contributed by atoms with Gasteiger partial charge in [0.25, 0.3) is 5.91 Å². The third kappa shape index (κ3) is 5.45. The summed E-state index contributed by atoms with van der Waals surface area (Å²) in [5, 5.41) is 3.00. The molecule has 0 radical (unpaired) electrons. The van der Waals surface area contributed by atoms with E-state index in [1.54, 1.807) is 19.2 Å². The Morgan fingerprint density at radius 1 is 1.53 bits per heavy atom. The van der Waals surface area contributed by atoms with Gasteiger partial charge in [-0.3, -0.25) is 4.79 Å². The van der Waals surface area contributed by atoms with Gasteiger partial charge in [-0.25, -0.2) is 0 Å². The first-order chi connectivity index (χ1) is 9.08. The summed E-state index contributed by atoms with van der Waals surface area (Å²) in [6.45, 7) is 4.17. The van der Waals surface area contributed by atoms with E-state index in [-0.39, 0.29) is 11.9 Å². The Morgan fingerprint density at radius 2 is 2.26 bits per heavy atom. The molecule has 0 aromatic heterocycles. The van der Waals surface area contributed by atoms with Gasteiger partial charge in [0, 0.05) is 10.5 Å². The predicted octanol–water partition coefficient (Wildman–Crippen LogP) is 3.72. The van der Waals surface area contributed by atoms with Gasteiger partial charge < -0.3 is 10.1 Å². The Kier molecular flexibility index (Phi) is 7.31. The number of rotatable bonds is 7. The zero-order valence-electron chi connectivity index (χ0n) is 11.5. The summed E-state index contributed by atoms with van der Waals surface area (Å²) in [6, 6.07) is 5.58. The minimum absolute atomic E-state index is 0.0849. The highest BCUT2D eigenvalue weighted by Gasteiger charge is 2.14. The number of methoxy groups -OCH3 is 1. The lowest BCUT2D eigenvalue weighted by atomic mass is 10.1. The minimum Gasteiger partial charge on any atom is -0.496 e. The molecule has 0 aliphatic carbocycles. The fraction of sp³-hybridized carbons (Fsp3) is 0.500. The van der Waals surface area contributed by atoms with Crippen molar-refractivity contribution in [3.8, 4) is 5.75 Å². The molecule has 1 N–H and O–H groups in total. The maximum Gasteiger partial charge on any atom is 0.255 e. The molecule has 0 aliphatic heterocycles. The Labute approximate surface area is 127 Å². The third-order valence-electron chi connectivity index (χ3n) is 2.69. The van der Waals surface area contributed by atoms with Crippen molar-refractivity contribution in [2.45, 2.75) is 26.3 Å². The van der Waals surface area contributed by atoms with Gasteiger partial charge >= 0.3 is 0 Å². The molecule has 1 unspecified atom stereocenters. The van der Waals surface area contributed by atoms with Crippen LogP contribution < -0.4 is 10.1 Å². The van der Waals surface area contributed by atoms with Crippen LogP contribution in [0.5, 0.6) is 5.75 Å². The van der Waals surface area contributed by atoms with Crippen molar-refractivity contribution in [2.24, 2.45) is 0 Å². The molecule has 1 amide bonds. The highest BCUT2D eigenvalue weighted by atomic mass is 79.9. The van der Waals surface area contributed by atoms with Crippen molar-refractivity contribution in [3.63, 3.8) is 0 Å². The van der Waals surface area contributed by atoms with Crippen LogP contribution in [0.25, 0.3) is 0 Å². The number of thioether (sulfide) groups is 1. The van der Waals surface area contributed by atoms with Crippen LogP contribution in [-0.2, 0) is 0 Å². The van der Waals surface area contributed by atoms with Gasteiger partial charge in [-0.2, -0.15) is 11.8 Å². The number of halogens is 1. The van der Waals surface area contributed by atoms with E-state index in [1.165, 1.54) is 0 Å². The summed E-state index contributed by atoms with van der Waals surface area (Å²) in [5.74, 6) is 2.68. The Hall–Kier alpha value is -0.680. The van der Waals surface area contributed by atoms with Gasteiger partial charge in [-0.15, -0.1) is 0 Å². The molecule has 1 rings (SSSR count). The summed E-state index contributed by atoms with van der Waals surface area (Å²) < 4.78 is 6.13. The smallest absolute Gasteiger partial charge is 0.255 e. The summed E-state index contributed by atoms with van der Waals surface area (Å²) >= 11 is 5.25. The maximum absolute atomic E-state index is 12.2. The Balaban J connectivity index is 2.62. The van der Waals surface area contributed by atoms with Crippen LogP contribution in [0.15, 0.2) is 22.7 Å². The number of benzene rings is 1. The highest BCUT2D eigenvalue weighted by molar-refractivity contribution is 9.10. The fourth-order valence-electron chi connectivity index (χ4n) is 1.63. The van der Waals surface area contributed by atoms with Crippen molar-refractivity contribution in [1.82, 2.24) is 5.32 Å². The van der Waals surface area contributed by atoms with Crippen LogP contribution in [0.4, 0.5) is 0 Å². The molecular formula is C14H20BrNO2S. The summed E-state index contributed by atoms with van der Waals surface area (Å²) in [5.41, 5.74) is 0.570. The fourth-order valence-corrected chi connectivity index (χ4v) is 2.78. The van der Waals surface area contributed by atoms with Crippen molar-refractivity contribution in [3.05, 3.63) is 28.2 Å². The maximum atomic E-state index is 12.2. The van der Waals surface area contributed by atoms with Gasteiger partial charge in [0.1, 0.15) is 5.75 Å². The van der Waals surface area contributed by atoms with E-state index < -0.39 is 0 Å². The zero-order chi connectivity index (χ0) is 14.3. The van der Waals surface area contributed by atoms with E-state index in [2.05, 4.69) is 28.2 Å². The van der Waals surface area contributed by atoms with Gasteiger partial charge in [0.05, 0.1) is 12.7 Å². The molecule has 1 aromatic carbocycles. The second-order valence-corrected chi connectivity index (χ2v) is 6.51. The van der Waals surface area contributed by atoms with E-state index >= 15 is 0 Å². The number of hydrogen-bond acceptors (Lipinski definition) is 3. The van der Waals surface area contributed by atoms with Crippen LogP contribution in [0.1, 0.15) is 30.6 Å². The second-order valence-electron chi connectivity index (χ2n) is 4.20. The first-order valence-corrected chi connectivity index (χ1v) is 8.25. The number of carbonyl (C=O) groups excluding carboxylic acids is 1. The zero-order valence-corrected chi connectivity index (χ0v) is 13.9. The van der Waals surface area contributed by atoms with Crippen LogP contribution in [0, 0.1) is 0 Å². The first-order valence-electron chi connectivity index (χ1n) is 6.30. The molecule has 0 fully saturated rings. The van der Waals surface area contributed by atoms with Crippen LogP contribution in [0.2, 0.25) is 0 Å². The number of amides is 1. The average Bonchev–Trinajstić information content (AvgIpc) is 2.38. The molecule has 106 valence electrons. The second kappa shape index (κ2) is 8.48. The molecular weight excluding hydrogens is 326 g/mol. The molecule has 3 nitrogen and oxygen atoms in total. The normalized spacial score (nSPS) is 12.0. The molecule has 0 spiro atoms. The summed E-state index contributed by atoms with van der Waals surface area (Å²) in [7, 11) is 1.57. The number of ether oxygens (including phenoxy) is 1. The van der Waals surface area contributed by atoms with Gasteiger partial charge in [-0.05, 0) is 43.0 Å². The van der Waals surface area contributed by atoms with Gasteiger partial charge in [0.15, 0.2) is 0 Å². The van der Waals surface area contributed by atoms with Crippen molar-refractivity contribution in [2.75, 3.05) is 18.6 Å². The number of carbonyl (C=O) groups is 1. The molecule has 19 heavy (non-hydrogen) atoms. The quantitative estimate of drug-likeness (QED) is 0.765. The van der Waals surface area contributed by atoms with Crippen LogP contribution in [0.3, 0.4) is 0 Å². The minimum atomic E-state index is -0.0849. The molecule has 1 atom stereocenters. The highest BCUT2D eigenvalue weighted by Crippen LogP contribution is 2.23. The van der Waals surface area contributed by atoms with E-state index in [4.69, 9.17) is 4.74 Å². The van der Waals surface area contributed by atoms with Crippen molar-refractivity contribution >= 4 is 33.6 Å². The SMILES string of the molecule is CCSCCC(C)NC(=O)c1ccc(Br)cc1OC. The van der Waals surface area contributed by atoms with E-state index in [9.17, 15) is 4.79 Å². The number of nitrogens with one attached hydrogen (secondary N) is 1. The van der Waals surface area contributed by atoms with E-state index in [0.29, 0.717) is 11.3 Å². The Morgan fingerprint density at radius 3 is 2.89 bits per heavy atom. The lowest BCUT2D eigenvalue weighted by Crippen LogP contribution is -2.33. The van der Waals surface area contributed by atoms with Crippen molar-refractivity contribution in [1.29, 1.82) is 0 Å². The van der Waals surface area contributed by atoms with Gasteiger partial charge in [-0.1, -0.05) is 22.9 Å². The van der Waals surface area contributed by atoms with Crippen LogP contribution >= 0.6 is 27.7 Å². The molecule has 0 aliphatic rings. The first kappa shape index (κ1) is 16.4. The predicted molar refractivity (Wildman–Crippen MR) is 85.2 cm³/mol. The largest absolute Gasteiger partial charge is 0.496 e. The lowest BCUT2D eigenvalue weighted by Gasteiger charge is -2.15. The third-order valence-corrected chi connectivity index (χ3v) is 4.11. The average molecular weight is 346 g/mol. The molecule has 0 heterocycles. The number of hydrogen-bond donors (Lipinski definition) is 1. The monoisotopic (exact) mass is 345 g/mol. The van der Waals surface area contributed by atoms with E-state index in [1.807, 2.05) is 24.8 Å².